The molecule has 5 heteroatoms. The monoisotopic (exact) mass is 321 g/mol. The lowest BCUT2D eigenvalue weighted by Crippen LogP contribution is -2.17. The van der Waals surface area contributed by atoms with Crippen LogP contribution in [-0.2, 0) is 6.54 Å². The number of hydrogen-bond donors (Lipinski definition) is 2. The summed E-state index contributed by atoms with van der Waals surface area (Å²) in [4.78, 5) is 12.1. The quantitative estimate of drug-likeness (QED) is 0.571. The topological polar surface area (TPSA) is 66.6 Å². The number of hydrogen-bond acceptors (Lipinski definition) is 3. The first-order valence-electron chi connectivity index (χ1n) is 7.82. The summed E-state index contributed by atoms with van der Waals surface area (Å²) < 4.78 is 2.21. The van der Waals surface area contributed by atoms with Crippen LogP contribution in [0, 0.1) is 6.92 Å². The van der Waals surface area contributed by atoms with Crippen LogP contribution in [0.3, 0.4) is 0 Å². The van der Waals surface area contributed by atoms with Gasteiger partial charge in [-0.1, -0.05) is 30.3 Å². The number of phenolic OH excluding ortho intramolecular Hbond substituents is 1. The zero-order valence-corrected chi connectivity index (χ0v) is 13.7. The second kappa shape index (κ2) is 6.58. The van der Waals surface area contributed by atoms with Gasteiger partial charge in [0.05, 0.1) is 11.8 Å². The second-order valence-electron chi connectivity index (χ2n) is 5.48. The first-order chi connectivity index (χ1) is 11.6. The van der Waals surface area contributed by atoms with Crippen molar-refractivity contribution in [1.82, 2.24) is 9.99 Å². The third kappa shape index (κ3) is 2.76. The number of nitrogens with zero attached hydrogens (tertiary/aromatic N) is 2. The number of aromatic nitrogens is 1. The van der Waals surface area contributed by atoms with Crippen molar-refractivity contribution in [3.63, 3.8) is 0 Å². The van der Waals surface area contributed by atoms with Gasteiger partial charge in [-0.15, -0.1) is 0 Å². The minimum Gasteiger partial charge on any atom is -0.507 e. The van der Waals surface area contributed by atoms with Crippen LogP contribution in [0.1, 0.15) is 28.5 Å². The minimum atomic E-state index is -0.443. The van der Waals surface area contributed by atoms with Crippen molar-refractivity contribution in [3.05, 3.63) is 65.4 Å². The summed E-state index contributed by atoms with van der Waals surface area (Å²) in [5, 5.41) is 14.9. The van der Waals surface area contributed by atoms with E-state index in [0.717, 1.165) is 28.7 Å². The molecular weight excluding hydrogens is 302 g/mol. The van der Waals surface area contributed by atoms with E-state index in [0.29, 0.717) is 0 Å². The van der Waals surface area contributed by atoms with Crippen LogP contribution in [0.25, 0.3) is 10.9 Å². The van der Waals surface area contributed by atoms with E-state index in [1.165, 1.54) is 6.07 Å². The van der Waals surface area contributed by atoms with Gasteiger partial charge < -0.3 is 9.67 Å². The molecule has 5 nitrogen and oxygen atoms in total. The molecule has 3 aromatic rings. The van der Waals surface area contributed by atoms with E-state index in [2.05, 4.69) is 28.1 Å². The smallest absolute Gasteiger partial charge is 0.275 e. The maximum Gasteiger partial charge on any atom is 0.275 e. The highest BCUT2D eigenvalue weighted by Gasteiger charge is 2.12. The molecule has 2 aromatic carbocycles. The number of hydrazone groups is 1. The lowest BCUT2D eigenvalue weighted by molar-refractivity contribution is 0.0952. The Bertz CT molecular complexity index is 926. The van der Waals surface area contributed by atoms with Gasteiger partial charge in [0.15, 0.2) is 0 Å². The molecule has 0 saturated heterocycles. The number of amides is 1. The van der Waals surface area contributed by atoms with Gasteiger partial charge in [0.1, 0.15) is 5.75 Å². The van der Waals surface area contributed by atoms with Crippen LogP contribution in [0.4, 0.5) is 0 Å². The van der Waals surface area contributed by atoms with E-state index in [-0.39, 0.29) is 11.3 Å². The molecule has 2 N–H and O–H groups in total. The molecule has 24 heavy (non-hydrogen) atoms. The second-order valence-corrected chi connectivity index (χ2v) is 5.48. The van der Waals surface area contributed by atoms with Crippen molar-refractivity contribution in [2.45, 2.75) is 20.4 Å². The summed E-state index contributed by atoms with van der Waals surface area (Å²) in [5.41, 5.74) is 5.88. The fourth-order valence-electron chi connectivity index (χ4n) is 2.91. The highest BCUT2D eigenvalue weighted by molar-refractivity contribution is 6.02. The fourth-order valence-corrected chi connectivity index (χ4v) is 2.91. The Morgan fingerprint density at radius 1 is 1.21 bits per heavy atom. The van der Waals surface area contributed by atoms with Gasteiger partial charge in [-0.05, 0) is 32.0 Å². The van der Waals surface area contributed by atoms with Crippen molar-refractivity contribution in [2.75, 3.05) is 0 Å². The van der Waals surface area contributed by atoms with E-state index < -0.39 is 5.91 Å². The molecule has 0 aliphatic carbocycles. The predicted molar refractivity (Wildman–Crippen MR) is 95.5 cm³/mol. The average molecular weight is 321 g/mol. The number of phenols is 1. The number of nitrogens with one attached hydrogen (secondary N) is 1. The molecule has 0 spiro atoms. The number of fused-ring (bicyclic) bond motifs is 1. The number of rotatable bonds is 4. The number of benzene rings is 2. The summed E-state index contributed by atoms with van der Waals surface area (Å²) >= 11 is 0. The highest BCUT2D eigenvalue weighted by Crippen LogP contribution is 2.24. The molecule has 1 amide bonds. The van der Waals surface area contributed by atoms with Crippen molar-refractivity contribution in [1.29, 1.82) is 0 Å². The average Bonchev–Trinajstić information content (AvgIpc) is 2.86. The lowest BCUT2D eigenvalue weighted by Gasteiger charge is -2.03. The van der Waals surface area contributed by atoms with Crippen LogP contribution in [0.15, 0.2) is 53.6 Å². The van der Waals surface area contributed by atoms with Crippen LogP contribution >= 0.6 is 0 Å². The zero-order chi connectivity index (χ0) is 17.1. The molecule has 0 aliphatic rings. The molecule has 0 fully saturated rings. The number of carbonyl (C=O) groups is 1. The molecule has 0 radical (unpaired) electrons. The Morgan fingerprint density at radius 2 is 1.92 bits per heavy atom. The van der Waals surface area contributed by atoms with E-state index in [1.54, 1.807) is 24.4 Å². The zero-order valence-electron chi connectivity index (χ0n) is 13.7. The van der Waals surface area contributed by atoms with Gasteiger partial charge in [0, 0.05) is 28.7 Å². The standard InChI is InChI=1S/C19H19N3O2/c1-3-22-13(2)16(14-8-4-6-10-17(14)22)12-20-21-19(24)15-9-5-7-11-18(15)23/h4-12,23H,3H2,1-2H3,(H,21,24)/b20-12+. The van der Waals surface area contributed by atoms with Gasteiger partial charge in [-0.25, -0.2) is 5.43 Å². The maximum absolute atomic E-state index is 12.1. The first-order valence-corrected chi connectivity index (χ1v) is 7.82. The van der Waals surface area contributed by atoms with Crippen molar-refractivity contribution >= 4 is 23.0 Å². The third-order valence-electron chi connectivity index (χ3n) is 4.10. The molecule has 1 aromatic heterocycles. The lowest BCUT2D eigenvalue weighted by atomic mass is 10.1. The Hall–Kier alpha value is -3.08. The Kier molecular flexibility index (Phi) is 4.33. The van der Waals surface area contributed by atoms with Gasteiger partial charge in [0.2, 0.25) is 0 Å². The SMILES string of the molecule is CCn1c(C)c(/C=N/NC(=O)c2ccccc2O)c2ccccc21. The van der Waals surface area contributed by atoms with Gasteiger partial charge in [0.25, 0.3) is 5.91 Å². The Morgan fingerprint density at radius 3 is 2.67 bits per heavy atom. The van der Waals surface area contributed by atoms with E-state index in [1.807, 2.05) is 25.1 Å². The number of aryl methyl sites for hydroxylation is 1. The van der Waals surface area contributed by atoms with Gasteiger partial charge in [-0.3, -0.25) is 4.79 Å². The Balaban J connectivity index is 1.88. The number of carbonyl (C=O) groups excluding carboxylic acids is 1. The van der Waals surface area contributed by atoms with Crippen LogP contribution in [0.5, 0.6) is 5.75 Å². The molecule has 0 saturated carbocycles. The van der Waals surface area contributed by atoms with Crippen LogP contribution < -0.4 is 5.43 Å². The molecule has 0 atom stereocenters. The molecule has 3 rings (SSSR count). The Labute approximate surface area is 140 Å². The van der Waals surface area contributed by atoms with Crippen molar-refractivity contribution in [2.24, 2.45) is 5.10 Å². The number of aromatic hydroxyl groups is 1. The highest BCUT2D eigenvalue weighted by atomic mass is 16.3. The molecule has 0 aliphatic heterocycles. The minimum absolute atomic E-state index is 0.0658. The largest absolute Gasteiger partial charge is 0.507 e. The van der Waals surface area contributed by atoms with E-state index in [4.69, 9.17) is 0 Å². The summed E-state index contributed by atoms with van der Waals surface area (Å²) in [6, 6.07) is 14.5. The third-order valence-corrected chi connectivity index (χ3v) is 4.10. The van der Waals surface area contributed by atoms with Crippen LogP contribution in [0.2, 0.25) is 0 Å². The van der Waals surface area contributed by atoms with Crippen LogP contribution in [-0.4, -0.2) is 21.8 Å². The normalized spacial score (nSPS) is 11.2. The van der Waals surface area contributed by atoms with Crippen molar-refractivity contribution < 1.29 is 9.90 Å². The summed E-state index contributed by atoms with van der Waals surface area (Å²) in [6.45, 7) is 5.00. The predicted octanol–water partition coefficient (Wildman–Crippen LogP) is 3.44. The first kappa shape index (κ1) is 15.8. The van der Waals surface area contributed by atoms with Crippen molar-refractivity contribution in [3.8, 4) is 5.75 Å². The molecular formula is C19H19N3O2. The van der Waals surface area contributed by atoms with E-state index >= 15 is 0 Å². The maximum atomic E-state index is 12.1. The van der Waals surface area contributed by atoms with Gasteiger partial charge in [-0.2, -0.15) is 5.10 Å². The summed E-state index contributed by atoms with van der Waals surface area (Å²) in [7, 11) is 0. The number of para-hydroxylation sites is 2. The van der Waals surface area contributed by atoms with E-state index in [9.17, 15) is 9.90 Å². The van der Waals surface area contributed by atoms with Gasteiger partial charge >= 0.3 is 0 Å². The molecule has 0 unspecified atom stereocenters. The summed E-state index contributed by atoms with van der Waals surface area (Å²) in [5.74, 6) is -0.509. The molecule has 1 heterocycles. The molecule has 0 bridgehead atoms. The fraction of sp³-hybridized carbons (Fsp3) is 0.158. The molecule has 122 valence electrons. The summed E-state index contributed by atoms with van der Waals surface area (Å²) in [6.07, 6.45) is 1.65.